The van der Waals surface area contributed by atoms with E-state index in [1.807, 2.05) is 22.7 Å². The van der Waals surface area contributed by atoms with Crippen LogP contribution >= 0.6 is 0 Å². The molecule has 1 unspecified atom stereocenters. The molecule has 0 aromatic carbocycles. The Labute approximate surface area is 108 Å². The number of nitrogens with one attached hydrogen (secondary N) is 1. The Morgan fingerprint density at radius 3 is 3.06 bits per heavy atom. The Balaban J connectivity index is 1.96. The third-order valence-electron chi connectivity index (χ3n) is 3.42. The molecule has 0 spiro atoms. The molecule has 1 aliphatic heterocycles. The van der Waals surface area contributed by atoms with Crippen molar-refractivity contribution in [1.82, 2.24) is 19.8 Å². The van der Waals surface area contributed by atoms with Crippen molar-refractivity contribution in [2.45, 2.75) is 38.8 Å². The van der Waals surface area contributed by atoms with Gasteiger partial charge in [0.25, 0.3) is 0 Å². The monoisotopic (exact) mass is 250 g/mol. The molecular weight excluding hydrogens is 228 g/mol. The minimum atomic E-state index is -0.000955. The molecule has 0 bridgehead atoms. The summed E-state index contributed by atoms with van der Waals surface area (Å²) in [5.74, 6) is 1.16. The van der Waals surface area contributed by atoms with Crippen LogP contribution in [0, 0.1) is 0 Å². The maximum absolute atomic E-state index is 12.3. The number of carbonyl (C=O) groups is 1. The Hall–Kier alpha value is -1.36. The zero-order valence-electron chi connectivity index (χ0n) is 11.2. The van der Waals surface area contributed by atoms with E-state index in [1.54, 1.807) is 6.20 Å². The molecule has 1 atom stereocenters. The first-order valence-electron chi connectivity index (χ1n) is 6.70. The van der Waals surface area contributed by atoms with Gasteiger partial charge in [0, 0.05) is 26.0 Å². The van der Waals surface area contributed by atoms with E-state index in [4.69, 9.17) is 0 Å². The number of hydrogen-bond acceptors (Lipinski definition) is 3. The molecule has 100 valence electrons. The first-order valence-corrected chi connectivity index (χ1v) is 6.70. The fourth-order valence-electron chi connectivity index (χ4n) is 2.32. The van der Waals surface area contributed by atoms with Gasteiger partial charge in [-0.25, -0.2) is 4.98 Å². The van der Waals surface area contributed by atoms with Crippen LogP contribution in [0.5, 0.6) is 0 Å². The standard InChI is InChI=1S/C13H22N4O/c1-3-6-14-11-5-4-8-17(13(11)18)10-12-15-7-9-16(12)2/h7,9,11,14H,3-6,8,10H2,1-2H3. The summed E-state index contributed by atoms with van der Waals surface area (Å²) in [4.78, 5) is 18.5. The lowest BCUT2D eigenvalue weighted by molar-refractivity contribution is -0.136. The second kappa shape index (κ2) is 6.00. The molecular formula is C13H22N4O. The largest absolute Gasteiger partial charge is 0.337 e. The van der Waals surface area contributed by atoms with Crippen LogP contribution in [0.15, 0.2) is 12.4 Å². The number of amides is 1. The average molecular weight is 250 g/mol. The van der Waals surface area contributed by atoms with Crippen LogP contribution in [0.4, 0.5) is 0 Å². The van der Waals surface area contributed by atoms with Crippen LogP contribution in [0.1, 0.15) is 32.0 Å². The van der Waals surface area contributed by atoms with Crippen LogP contribution in [0.3, 0.4) is 0 Å². The van der Waals surface area contributed by atoms with Crippen molar-refractivity contribution in [1.29, 1.82) is 0 Å². The highest BCUT2D eigenvalue weighted by Gasteiger charge is 2.28. The molecule has 5 heteroatoms. The first-order chi connectivity index (χ1) is 8.72. The number of nitrogens with zero attached hydrogens (tertiary/aromatic N) is 3. The third-order valence-corrected chi connectivity index (χ3v) is 3.42. The van der Waals surface area contributed by atoms with E-state index in [0.717, 1.165) is 38.2 Å². The van der Waals surface area contributed by atoms with Gasteiger partial charge < -0.3 is 14.8 Å². The zero-order valence-corrected chi connectivity index (χ0v) is 11.2. The van der Waals surface area contributed by atoms with Crippen LogP contribution in [0.25, 0.3) is 0 Å². The van der Waals surface area contributed by atoms with Crippen LogP contribution in [-0.4, -0.2) is 39.5 Å². The first kappa shape index (κ1) is 13.1. The van der Waals surface area contributed by atoms with Crippen molar-refractivity contribution in [3.63, 3.8) is 0 Å². The predicted octanol–water partition coefficient (Wildman–Crippen LogP) is 0.911. The Kier molecular flexibility index (Phi) is 4.36. The van der Waals surface area contributed by atoms with Crippen molar-refractivity contribution >= 4 is 5.91 Å². The average Bonchev–Trinajstić information content (AvgIpc) is 2.76. The van der Waals surface area contributed by atoms with Crippen molar-refractivity contribution in [2.75, 3.05) is 13.1 Å². The highest BCUT2D eigenvalue weighted by atomic mass is 16.2. The number of likely N-dealkylation sites (tertiary alicyclic amines) is 1. The number of carbonyl (C=O) groups excluding carboxylic acids is 1. The van der Waals surface area contributed by atoms with Crippen LogP contribution in [0.2, 0.25) is 0 Å². The van der Waals surface area contributed by atoms with Crippen LogP contribution < -0.4 is 5.32 Å². The van der Waals surface area contributed by atoms with E-state index in [9.17, 15) is 4.79 Å². The number of aromatic nitrogens is 2. The number of rotatable bonds is 5. The SMILES string of the molecule is CCCNC1CCCN(Cc2nccn2C)C1=O. The minimum Gasteiger partial charge on any atom is -0.337 e. The normalized spacial score (nSPS) is 20.4. The van der Waals surface area contributed by atoms with Gasteiger partial charge in [0.2, 0.25) is 5.91 Å². The van der Waals surface area contributed by atoms with E-state index in [2.05, 4.69) is 17.2 Å². The second-order valence-corrected chi connectivity index (χ2v) is 4.86. The maximum Gasteiger partial charge on any atom is 0.240 e. The van der Waals surface area contributed by atoms with Gasteiger partial charge in [-0.3, -0.25) is 4.79 Å². The summed E-state index contributed by atoms with van der Waals surface area (Å²) in [7, 11) is 1.96. The Morgan fingerprint density at radius 2 is 2.39 bits per heavy atom. The molecule has 2 heterocycles. The quantitative estimate of drug-likeness (QED) is 0.845. The molecule has 0 saturated carbocycles. The van der Waals surface area contributed by atoms with Gasteiger partial charge in [0.05, 0.1) is 12.6 Å². The van der Waals surface area contributed by atoms with Gasteiger partial charge in [-0.15, -0.1) is 0 Å². The maximum atomic E-state index is 12.3. The van der Waals surface area contributed by atoms with E-state index >= 15 is 0 Å². The van der Waals surface area contributed by atoms with Gasteiger partial charge >= 0.3 is 0 Å². The lowest BCUT2D eigenvalue weighted by atomic mass is 10.0. The van der Waals surface area contributed by atoms with Crippen molar-refractivity contribution in [2.24, 2.45) is 7.05 Å². The summed E-state index contributed by atoms with van der Waals surface area (Å²) >= 11 is 0. The lowest BCUT2D eigenvalue weighted by Gasteiger charge is -2.32. The summed E-state index contributed by atoms with van der Waals surface area (Å²) in [6.45, 7) is 4.49. The van der Waals surface area contributed by atoms with E-state index in [-0.39, 0.29) is 11.9 Å². The number of hydrogen-bond donors (Lipinski definition) is 1. The predicted molar refractivity (Wildman–Crippen MR) is 69.9 cm³/mol. The molecule has 5 nitrogen and oxygen atoms in total. The highest BCUT2D eigenvalue weighted by molar-refractivity contribution is 5.82. The van der Waals surface area contributed by atoms with Gasteiger partial charge in [-0.2, -0.15) is 0 Å². The Morgan fingerprint density at radius 1 is 1.56 bits per heavy atom. The summed E-state index contributed by atoms with van der Waals surface area (Å²) in [5, 5.41) is 3.33. The van der Waals surface area contributed by atoms with Gasteiger partial charge in [-0.1, -0.05) is 6.92 Å². The minimum absolute atomic E-state index is 0.000955. The molecule has 0 radical (unpaired) electrons. The number of aryl methyl sites for hydroxylation is 1. The number of piperidine rings is 1. The lowest BCUT2D eigenvalue weighted by Crippen LogP contribution is -2.50. The topological polar surface area (TPSA) is 50.2 Å². The van der Waals surface area contributed by atoms with Gasteiger partial charge in [-0.05, 0) is 25.8 Å². The molecule has 1 saturated heterocycles. The smallest absolute Gasteiger partial charge is 0.240 e. The molecule has 1 amide bonds. The Bertz CT molecular complexity index is 401. The molecule has 1 fully saturated rings. The van der Waals surface area contributed by atoms with Gasteiger partial charge in [0.15, 0.2) is 0 Å². The van der Waals surface area contributed by atoms with Crippen molar-refractivity contribution in [3.8, 4) is 0 Å². The highest BCUT2D eigenvalue weighted by Crippen LogP contribution is 2.14. The third kappa shape index (κ3) is 2.90. The summed E-state index contributed by atoms with van der Waals surface area (Å²) < 4.78 is 1.97. The molecule has 1 aromatic heterocycles. The fourth-order valence-corrected chi connectivity index (χ4v) is 2.32. The number of imidazole rings is 1. The van der Waals surface area contributed by atoms with Crippen molar-refractivity contribution < 1.29 is 4.79 Å². The summed E-state index contributed by atoms with van der Waals surface area (Å²) in [5.41, 5.74) is 0. The van der Waals surface area contributed by atoms with E-state index in [1.165, 1.54) is 0 Å². The molecule has 18 heavy (non-hydrogen) atoms. The van der Waals surface area contributed by atoms with Gasteiger partial charge in [0.1, 0.15) is 5.82 Å². The molecule has 1 aromatic rings. The molecule has 0 aliphatic carbocycles. The van der Waals surface area contributed by atoms with E-state index < -0.39 is 0 Å². The molecule has 1 N–H and O–H groups in total. The van der Waals surface area contributed by atoms with Crippen LogP contribution in [-0.2, 0) is 18.4 Å². The fraction of sp³-hybridized carbons (Fsp3) is 0.692. The van der Waals surface area contributed by atoms with Crippen molar-refractivity contribution in [3.05, 3.63) is 18.2 Å². The molecule has 1 aliphatic rings. The summed E-state index contributed by atoms with van der Waals surface area (Å²) in [6.07, 6.45) is 6.77. The molecule has 2 rings (SSSR count). The second-order valence-electron chi connectivity index (χ2n) is 4.86. The summed E-state index contributed by atoms with van der Waals surface area (Å²) in [6, 6.07) is -0.000955. The van der Waals surface area contributed by atoms with E-state index in [0.29, 0.717) is 6.54 Å². The zero-order chi connectivity index (χ0) is 13.0.